The molecule has 0 bridgehead atoms. The van der Waals surface area contributed by atoms with Gasteiger partial charge in [0.2, 0.25) is 5.91 Å². The van der Waals surface area contributed by atoms with Crippen LogP contribution in [0.5, 0.6) is 0 Å². The van der Waals surface area contributed by atoms with E-state index in [1.165, 1.54) is 23.1 Å². The van der Waals surface area contributed by atoms with Gasteiger partial charge in [0, 0.05) is 11.8 Å². The number of thiophene rings is 1. The Morgan fingerprint density at radius 3 is 2.36 bits per heavy atom. The van der Waals surface area contributed by atoms with E-state index in [1.807, 2.05) is 0 Å². The molecular formula is C17H16F3N3O8S2. The molecule has 180 valence electrons. The second-order valence-electron chi connectivity index (χ2n) is 6.36. The molecule has 1 aromatic rings. The summed E-state index contributed by atoms with van der Waals surface area (Å²) in [5.41, 5.74) is 5.51. The Morgan fingerprint density at radius 2 is 1.91 bits per heavy atom. The number of fused-ring (bicyclic) bond motifs is 1. The summed E-state index contributed by atoms with van der Waals surface area (Å²) in [5.74, 6) is -5.89. The van der Waals surface area contributed by atoms with Crippen LogP contribution >= 0.6 is 23.1 Å². The predicted octanol–water partition coefficient (Wildman–Crippen LogP) is 0.640. The van der Waals surface area contributed by atoms with Gasteiger partial charge in [0.05, 0.1) is 5.75 Å². The van der Waals surface area contributed by atoms with Crippen molar-refractivity contribution in [3.8, 4) is 0 Å². The summed E-state index contributed by atoms with van der Waals surface area (Å²) < 4.78 is 36.6. The number of rotatable bonds is 5. The van der Waals surface area contributed by atoms with Crippen LogP contribution < -0.4 is 11.1 Å². The maximum absolute atomic E-state index is 12.4. The molecule has 11 nitrogen and oxygen atoms in total. The van der Waals surface area contributed by atoms with Gasteiger partial charge in [-0.05, 0) is 11.4 Å². The number of carbonyl (C=O) groups excluding carboxylic acids is 3. The highest BCUT2D eigenvalue weighted by molar-refractivity contribution is 8.00. The number of aliphatic carboxylic acids is 2. The standard InChI is InChI=1S/C15H15N3O6S2.C2HF3O2/c1-6(19)24-7-5-26-14-10(13(21)18(14)11(7)15(22)23)17-12(20)9(16)8-3-2-4-25-8;3-2(4,5)1(6)7/h2-4,9-10,14H,5,16H2,1H3,(H,17,20)(H,22,23);(H,6,7)/t9?,10?,14-;/m1./s1. The number of carbonyl (C=O) groups is 5. The lowest BCUT2D eigenvalue weighted by atomic mass is 10.0. The summed E-state index contributed by atoms with van der Waals surface area (Å²) in [5, 5.41) is 20.3. The first-order valence-corrected chi connectivity index (χ1v) is 10.7. The lowest BCUT2D eigenvalue weighted by molar-refractivity contribution is -0.192. The second kappa shape index (κ2) is 10.2. The maximum atomic E-state index is 12.4. The van der Waals surface area contributed by atoms with Gasteiger partial charge < -0.3 is 26.0 Å². The minimum atomic E-state index is -5.08. The Kier molecular flexibility index (Phi) is 8.10. The lowest BCUT2D eigenvalue weighted by Gasteiger charge is -2.49. The average molecular weight is 511 g/mol. The summed E-state index contributed by atoms with van der Waals surface area (Å²) in [4.78, 5) is 57.9. The number of thioether (sulfide) groups is 1. The van der Waals surface area contributed by atoms with E-state index in [2.05, 4.69) is 5.32 Å². The van der Waals surface area contributed by atoms with Gasteiger partial charge in [0.15, 0.2) is 5.70 Å². The smallest absolute Gasteiger partial charge is 0.476 e. The van der Waals surface area contributed by atoms with E-state index < -0.39 is 53.4 Å². The molecule has 3 atom stereocenters. The van der Waals surface area contributed by atoms with Gasteiger partial charge in [0.1, 0.15) is 23.2 Å². The minimum Gasteiger partial charge on any atom is -0.476 e. The molecule has 2 unspecified atom stereocenters. The van der Waals surface area contributed by atoms with E-state index >= 15 is 0 Å². The van der Waals surface area contributed by atoms with E-state index in [-0.39, 0.29) is 17.2 Å². The summed E-state index contributed by atoms with van der Waals surface area (Å²) in [7, 11) is 0. The van der Waals surface area contributed by atoms with Crippen molar-refractivity contribution in [1.82, 2.24) is 10.2 Å². The Bertz CT molecular complexity index is 996. The second-order valence-corrected chi connectivity index (χ2v) is 8.45. The number of hydrogen-bond donors (Lipinski definition) is 4. The SMILES string of the molecule is CC(=O)OC1=C(C(=O)O)N2C(=O)C(NC(=O)C(N)c3cccs3)[C@H]2SC1.O=C(O)C(F)(F)F. The number of nitrogens with zero attached hydrogens (tertiary/aromatic N) is 1. The van der Waals surface area contributed by atoms with Crippen LogP contribution in [0.15, 0.2) is 29.0 Å². The van der Waals surface area contributed by atoms with Gasteiger partial charge in [-0.3, -0.25) is 19.3 Å². The highest BCUT2D eigenvalue weighted by Crippen LogP contribution is 2.40. The molecule has 1 fully saturated rings. The largest absolute Gasteiger partial charge is 0.490 e. The third-order valence-electron chi connectivity index (χ3n) is 4.08. The number of carboxylic acid groups (broad SMARTS) is 2. The van der Waals surface area contributed by atoms with Crippen molar-refractivity contribution in [2.45, 2.75) is 30.6 Å². The summed E-state index contributed by atoms with van der Waals surface area (Å²) >= 11 is 2.53. The van der Waals surface area contributed by atoms with E-state index in [0.29, 0.717) is 4.88 Å². The maximum Gasteiger partial charge on any atom is 0.490 e. The van der Waals surface area contributed by atoms with Crippen LogP contribution in [0, 0.1) is 0 Å². The van der Waals surface area contributed by atoms with Crippen molar-refractivity contribution in [2.24, 2.45) is 5.73 Å². The van der Waals surface area contributed by atoms with Gasteiger partial charge in [-0.1, -0.05) is 6.07 Å². The van der Waals surface area contributed by atoms with Crippen LogP contribution in [-0.2, 0) is 28.7 Å². The highest BCUT2D eigenvalue weighted by atomic mass is 32.2. The number of nitrogens with two attached hydrogens (primary N) is 1. The molecule has 2 aliphatic rings. The normalized spacial score (nSPS) is 20.5. The van der Waals surface area contributed by atoms with Crippen molar-refractivity contribution in [1.29, 1.82) is 0 Å². The Hall–Kier alpha value is -3.11. The molecule has 3 rings (SSSR count). The van der Waals surface area contributed by atoms with E-state index in [4.69, 9.17) is 20.4 Å². The zero-order chi connectivity index (χ0) is 25.1. The van der Waals surface area contributed by atoms with Gasteiger partial charge >= 0.3 is 24.1 Å². The molecular weight excluding hydrogens is 495 g/mol. The number of β-lactam (4-membered cyclic amide) rings is 1. The fourth-order valence-electron chi connectivity index (χ4n) is 2.68. The highest BCUT2D eigenvalue weighted by Gasteiger charge is 2.55. The molecule has 1 aromatic heterocycles. The molecule has 0 radical (unpaired) electrons. The number of carboxylic acids is 2. The minimum absolute atomic E-state index is 0.0836. The molecule has 0 aliphatic carbocycles. The molecule has 5 N–H and O–H groups in total. The monoisotopic (exact) mass is 511 g/mol. The van der Waals surface area contributed by atoms with Crippen molar-refractivity contribution in [2.75, 3.05) is 5.75 Å². The third-order valence-corrected chi connectivity index (χ3v) is 6.28. The zero-order valence-electron chi connectivity index (χ0n) is 16.5. The summed E-state index contributed by atoms with van der Waals surface area (Å²) in [6, 6.07) is 1.69. The van der Waals surface area contributed by atoms with Crippen LogP contribution in [-0.4, -0.2) is 68.2 Å². The predicted molar refractivity (Wildman–Crippen MR) is 106 cm³/mol. The lowest BCUT2D eigenvalue weighted by Crippen LogP contribution is -2.71. The van der Waals surface area contributed by atoms with E-state index in [0.717, 1.165) is 11.8 Å². The zero-order valence-corrected chi connectivity index (χ0v) is 18.1. The Balaban J connectivity index is 0.000000479. The first kappa shape index (κ1) is 26.1. The van der Waals surface area contributed by atoms with Crippen molar-refractivity contribution < 1.29 is 52.1 Å². The molecule has 0 aromatic carbocycles. The molecule has 1 saturated heterocycles. The van der Waals surface area contributed by atoms with Crippen LogP contribution in [0.2, 0.25) is 0 Å². The van der Waals surface area contributed by atoms with Crippen LogP contribution in [0.4, 0.5) is 13.2 Å². The van der Waals surface area contributed by atoms with Gasteiger partial charge in [0.25, 0.3) is 5.91 Å². The van der Waals surface area contributed by atoms with Crippen LogP contribution in [0.1, 0.15) is 17.8 Å². The topological polar surface area (TPSA) is 176 Å². The fraction of sp³-hybridized carbons (Fsp3) is 0.353. The fourth-order valence-corrected chi connectivity index (χ4v) is 4.66. The van der Waals surface area contributed by atoms with E-state index in [9.17, 15) is 37.5 Å². The van der Waals surface area contributed by atoms with Gasteiger partial charge in [-0.15, -0.1) is 23.1 Å². The molecule has 16 heteroatoms. The quantitative estimate of drug-likeness (QED) is 0.324. The van der Waals surface area contributed by atoms with Crippen LogP contribution in [0.25, 0.3) is 0 Å². The number of halogens is 3. The molecule has 0 saturated carbocycles. The molecule has 3 heterocycles. The number of esters is 1. The van der Waals surface area contributed by atoms with E-state index in [1.54, 1.807) is 17.5 Å². The third kappa shape index (κ3) is 6.02. The molecule has 2 amide bonds. The molecule has 33 heavy (non-hydrogen) atoms. The number of ether oxygens (including phenoxy) is 1. The summed E-state index contributed by atoms with van der Waals surface area (Å²) in [6.45, 7) is 1.15. The van der Waals surface area contributed by atoms with Crippen molar-refractivity contribution in [3.63, 3.8) is 0 Å². The summed E-state index contributed by atoms with van der Waals surface area (Å²) in [6.07, 6.45) is -5.08. The number of hydrogen-bond acceptors (Lipinski definition) is 9. The molecule has 0 spiro atoms. The van der Waals surface area contributed by atoms with Crippen LogP contribution in [0.3, 0.4) is 0 Å². The molecule has 2 aliphatic heterocycles. The number of nitrogens with one attached hydrogen (secondary N) is 1. The first-order chi connectivity index (χ1) is 15.3. The Morgan fingerprint density at radius 1 is 1.30 bits per heavy atom. The average Bonchev–Trinajstić information content (AvgIpc) is 3.24. The first-order valence-electron chi connectivity index (χ1n) is 8.74. The Labute approximate surface area is 191 Å². The van der Waals surface area contributed by atoms with Gasteiger partial charge in [-0.25, -0.2) is 9.59 Å². The van der Waals surface area contributed by atoms with Crippen molar-refractivity contribution in [3.05, 3.63) is 33.8 Å². The number of alkyl halides is 3. The number of amides is 2. The van der Waals surface area contributed by atoms with Gasteiger partial charge in [-0.2, -0.15) is 13.2 Å². The van der Waals surface area contributed by atoms with Crippen molar-refractivity contribution >= 4 is 52.8 Å².